The monoisotopic (exact) mass is 410 g/mol. The Balaban J connectivity index is 1.74. The van der Waals surface area contributed by atoms with E-state index in [9.17, 15) is 8.42 Å². The number of tetrazole rings is 1. The van der Waals surface area contributed by atoms with E-state index >= 15 is 0 Å². The Kier molecular flexibility index (Phi) is 6.44. The third-order valence-electron chi connectivity index (χ3n) is 5.26. The fourth-order valence-corrected chi connectivity index (χ4v) is 5.63. The third kappa shape index (κ3) is 4.83. The number of aromatic nitrogens is 4. The lowest BCUT2D eigenvalue weighted by atomic mass is 10.1. The maximum atomic E-state index is 11.8. The van der Waals surface area contributed by atoms with E-state index < -0.39 is 9.84 Å². The van der Waals surface area contributed by atoms with Crippen molar-refractivity contribution in [2.24, 2.45) is 0 Å². The number of sulfone groups is 1. The highest BCUT2D eigenvalue weighted by Gasteiger charge is 2.35. The highest BCUT2D eigenvalue weighted by atomic mass is 32.2. The molecule has 1 aliphatic heterocycles. The van der Waals surface area contributed by atoms with Crippen LogP contribution in [0.25, 0.3) is 5.69 Å². The van der Waals surface area contributed by atoms with Crippen LogP contribution in [0.3, 0.4) is 0 Å². The first-order chi connectivity index (χ1) is 12.9. The van der Waals surface area contributed by atoms with E-state index in [2.05, 4.69) is 36.4 Å². The zero-order valence-electron chi connectivity index (χ0n) is 16.0. The fraction of sp³-hybridized carbons (Fsp3) is 0.611. The zero-order chi connectivity index (χ0) is 19.4. The second-order valence-corrected chi connectivity index (χ2v) is 9.81. The smallest absolute Gasteiger partial charge is 0.225 e. The Labute approximate surface area is 165 Å². The van der Waals surface area contributed by atoms with Crippen molar-refractivity contribution in [2.45, 2.75) is 52.2 Å². The van der Waals surface area contributed by atoms with Crippen molar-refractivity contribution < 1.29 is 13.3 Å². The molecule has 0 amide bonds. The predicted octanol–water partition coefficient (Wildman–Crippen LogP) is 1.19. The lowest BCUT2D eigenvalue weighted by molar-refractivity contribution is -0.943. The minimum Gasteiger partial charge on any atom is -0.313 e. The summed E-state index contributed by atoms with van der Waals surface area (Å²) in [5.74, 6) is 0.528. The highest BCUT2D eigenvalue weighted by Crippen LogP contribution is 2.12. The Morgan fingerprint density at radius 3 is 2.56 bits per heavy atom. The van der Waals surface area contributed by atoms with Crippen LogP contribution in [0.1, 0.15) is 38.7 Å². The molecule has 1 unspecified atom stereocenters. The first-order valence-electron chi connectivity index (χ1n) is 9.60. The van der Waals surface area contributed by atoms with Crippen LogP contribution < -0.4 is 4.90 Å². The molecule has 9 heteroatoms. The number of quaternary nitrogens is 1. The summed E-state index contributed by atoms with van der Waals surface area (Å²) in [7, 11) is -2.90. The molecule has 1 fully saturated rings. The van der Waals surface area contributed by atoms with Gasteiger partial charge in [-0.15, -0.1) is 0 Å². The largest absolute Gasteiger partial charge is 0.313 e. The van der Waals surface area contributed by atoms with Gasteiger partial charge in [0, 0.05) is 6.42 Å². The molecule has 1 aromatic heterocycles. The van der Waals surface area contributed by atoms with Crippen molar-refractivity contribution in [1.29, 1.82) is 0 Å². The second-order valence-electron chi connectivity index (χ2n) is 7.21. The topological polar surface area (TPSA) is 74.2 Å². The van der Waals surface area contributed by atoms with Crippen molar-refractivity contribution in [3.8, 4) is 5.69 Å². The van der Waals surface area contributed by atoms with Crippen molar-refractivity contribution in [2.75, 3.05) is 18.1 Å². The normalized spacial score (nSPS) is 20.0. The second kappa shape index (κ2) is 8.62. The molecule has 0 radical (unpaired) electrons. The van der Waals surface area contributed by atoms with Gasteiger partial charge in [-0.3, -0.25) is 0 Å². The van der Waals surface area contributed by atoms with Crippen molar-refractivity contribution in [3.05, 3.63) is 34.6 Å². The molecule has 3 rings (SSSR count). The molecule has 2 atom stereocenters. The molecule has 0 spiro atoms. The summed E-state index contributed by atoms with van der Waals surface area (Å²) in [6.07, 6.45) is 4.14. The number of nitrogens with zero attached hydrogens (tertiary/aromatic N) is 4. The SMILES string of the molecule is CCCCc1ccc(-n2nnn(C[NH+](CC)[C@@H]3CCS(=O)(=O)C3)c2=S)cc1. The van der Waals surface area contributed by atoms with Gasteiger partial charge < -0.3 is 4.90 Å². The van der Waals surface area contributed by atoms with Gasteiger partial charge in [-0.1, -0.05) is 25.5 Å². The van der Waals surface area contributed by atoms with Gasteiger partial charge in [0.15, 0.2) is 16.5 Å². The average molecular weight is 411 g/mol. The van der Waals surface area contributed by atoms with Crippen molar-refractivity contribution in [3.63, 3.8) is 0 Å². The van der Waals surface area contributed by atoms with Gasteiger partial charge in [0.1, 0.15) is 11.8 Å². The van der Waals surface area contributed by atoms with Gasteiger partial charge in [-0.2, -0.15) is 9.36 Å². The minimum absolute atomic E-state index is 0.102. The zero-order valence-corrected chi connectivity index (χ0v) is 17.6. The summed E-state index contributed by atoms with van der Waals surface area (Å²) in [4.78, 5) is 1.18. The Hall–Kier alpha value is -1.58. The molecular weight excluding hydrogens is 382 g/mol. The van der Waals surface area contributed by atoms with Crippen LogP contribution in [-0.2, 0) is 22.9 Å². The molecule has 2 heterocycles. The molecule has 7 nitrogen and oxygen atoms in total. The molecule has 27 heavy (non-hydrogen) atoms. The maximum Gasteiger partial charge on any atom is 0.225 e. The summed E-state index contributed by atoms with van der Waals surface area (Å²) in [6.45, 7) is 5.60. The number of hydrogen-bond donors (Lipinski definition) is 1. The number of hydrogen-bond acceptors (Lipinski definition) is 5. The quantitative estimate of drug-likeness (QED) is 0.662. The highest BCUT2D eigenvalue weighted by molar-refractivity contribution is 7.91. The van der Waals surface area contributed by atoms with E-state index in [1.807, 2.05) is 12.1 Å². The van der Waals surface area contributed by atoms with Gasteiger partial charge in [-0.05, 0) is 60.1 Å². The molecule has 0 bridgehead atoms. The standard InChI is InChI=1S/C18H27N5O2S2/c1-3-5-6-15-7-9-16(10-8-15)23-18(26)22(19-20-23)14-21(4-2)17-11-12-27(24,25)13-17/h7-10,17H,3-6,11-14H2,1-2H3/p+1/t17-/m1/s1. The van der Waals surface area contributed by atoms with E-state index in [1.54, 1.807) is 9.36 Å². The van der Waals surface area contributed by atoms with Crippen LogP contribution in [0.15, 0.2) is 24.3 Å². The summed E-state index contributed by atoms with van der Waals surface area (Å²) >= 11 is 5.57. The van der Waals surface area contributed by atoms with Crippen LogP contribution in [0.4, 0.5) is 0 Å². The van der Waals surface area contributed by atoms with E-state index in [4.69, 9.17) is 12.2 Å². The van der Waals surface area contributed by atoms with Crippen LogP contribution >= 0.6 is 12.2 Å². The van der Waals surface area contributed by atoms with Crippen LogP contribution in [-0.4, -0.2) is 52.3 Å². The third-order valence-corrected chi connectivity index (χ3v) is 7.41. The molecular formula is C18H28N5O2S2+. The van der Waals surface area contributed by atoms with Gasteiger partial charge in [0.05, 0.1) is 18.0 Å². The Bertz CT molecular complexity index is 918. The molecule has 0 aliphatic carbocycles. The lowest BCUT2D eigenvalue weighted by Crippen LogP contribution is -3.15. The molecule has 1 aliphatic rings. The molecule has 2 aromatic rings. The number of unbranched alkanes of at least 4 members (excludes halogenated alkanes) is 1. The summed E-state index contributed by atoms with van der Waals surface area (Å²) in [5.41, 5.74) is 2.21. The first kappa shape index (κ1) is 20.2. The summed E-state index contributed by atoms with van der Waals surface area (Å²) in [5, 5.41) is 8.43. The molecule has 0 saturated carbocycles. The van der Waals surface area contributed by atoms with Gasteiger partial charge in [-0.25, -0.2) is 8.42 Å². The van der Waals surface area contributed by atoms with Crippen LogP contribution in [0, 0.1) is 4.77 Å². The predicted molar refractivity (Wildman–Crippen MR) is 107 cm³/mol. The Morgan fingerprint density at radius 2 is 1.96 bits per heavy atom. The van der Waals surface area contributed by atoms with Gasteiger partial charge in [0.25, 0.3) is 0 Å². The number of benzene rings is 1. The van der Waals surface area contributed by atoms with Gasteiger partial charge in [0.2, 0.25) is 4.77 Å². The number of nitrogens with one attached hydrogen (secondary N) is 1. The molecule has 148 valence electrons. The first-order valence-corrected chi connectivity index (χ1v) is 11.8. The number of rotatable bonds is 8. The Morgan fingerprint density at radius 1 is 1.22 bits per heavy atom. The van der Waals surface area contributed by atoms with E-state index in [-0.39, 0.29) is 17.5 Å². The minimum atomic E-state index is -2.90. The lowest BCUT2D eigenvalue weighted by Gasteiger charge is -2.22. The van der Waals surface area contributed by atoms with E-state index in [0.29, 0.717) is 17.9 Å². The van der Waals surface area contributed by atoms with Gasteiger partial charge >= 0.3 is 0 Å². The fourth-order valence-electron chi connectivity index (χ4n) is 3.56. The van der Waals surface area contributed by atoms with Crippen molar-refractivity contribution in [1.82, 2.24) is 19.8 Å². The summed E-state index contributed by atoms with van der Waals surface area (Å²) in [6, 6.07) is 8.36. The molecule has 1 saturated heterocycles. The van der Waals surface area contributed by atoms with Crippen molar-refractivity contribution >= 4 is 22.1 Å². The number of aryl methyl sites for hydroxylation is 1. The van der Waals surface area contributed by atoms with E-state index in [1.165, 1.54) is 23.3 Å². The van der Waals surface area contributed by atoms with Crippen LogP contribution in [0.2, 0.25) is 0 Å². The maximum absolute atomic E-state index is 11.8. The van der Waals surface area contributed by atoms with E-state index in [0.717, 1.165) is 18.7 Å². The molecule has 1 aromatic carbocycles. The summed E-state index contributed by atoms with van der Waals surface area (Å²) < 4.78 is 27.5. The average Bonchev–Trinajstić information content (AvgIpc) is 3.20. The molecule has 1 N–H and O–H groups in total. The van der Waals surface area contributed by atoms with Crippen LogP contribution in [0.5, 0.6) is 0 Å².